The molecule has 2 unspecified atom stereocenters. The van der Waals surface area contributed by atoms with Crippen LogP contribution in [0.2, 0.25) is 0 Å². The summed E-state index contributed by atoms with van der Waals surface area (Å²) in [4.78, 5) is 15.3. The summed E-state index contributed by atoms with van der Waals surface area (Å²) in [6.07, 6.45) is 1.63. The Hall–Kier alpha value is -2.01. The molecule has 2 atom stereocenters. The number of nitrogen functional groups attached to an aromatic ring is 1. The predicted octanol–water partition coefficient (Wildman–Crippen LogP) is 2.86. The number of fused-ring (bicyclic) bond motifs is 1. The van der Waals surface area contributed by atoms with Gasteiger partial charge in [0.05, 0.1) is 12.2 Å². The maximum absolute atomic E-state index is 12.3. The van der Waals surface area contributed by atoms with E-state index in [1.165, 1.54) is 0 Å². The second-order valence-corrected chi connectivity index (χ2v) is 5.79. The lowest BCUT2D eigenvalue weighted by Crippen LogP contribution is -2.35. The van der Waals surface area contributed by atoms with E-state index in [0.29, 0.717) is 11.4 Å². The molecule has 5 nitrogen and oxygen atoms in total. The zero-order valence-corrected chi connectivity index (χ0v) is 12.3. The predicted molar refractivity (Wildman–Crippen MR) is 81.2 cm³/mol. The van der Waals surface area contributed by atoms with Gasteiger partial charge in [-0.1, -0.05) is 0 Å². The fourth-order valence-corrected chi connectivity index (χ4v) is 2.92. The van der Waals surface area contributed by atoms with Crippen molar-refractivity contribution in [1.82, 2.24) is 4.98 Å². The number of nitrogens with one attached hydrogen (secondary N) is 1. The summed E-state index contributed by atoms with van der Waals surface area (Å²) in [5, 5.41) is 0.913. The fraction of sp³-hybridized carbons (Fsp3) is 0.438. The lowest BCUT2D eigenvalue weighted by Gasteiger charge is -2.31. The summed E-state index contributed by atoms with van der Waals surface area (Å²) in [6, 6.07) is 7.28. The number of carbonyl (C=O) groups is 1. The largest absolute Gasteiger partial charge is 0.458 e. The molecule has 0 radical (unpaired) electrons. The number of H-pyrrole nitrogens is 1. The Labute approximate surface area is 123 Å². The van der Waals surface area contributed by atoms with Gasteiger partial charge in [0.25, 0.3) is 0 Å². The van der Waals surface area contributed by atoms with Crippen LogP contribution in [0.4, 0.5) is 5.69 Å². The van der Waals surface area contributed by atoms with Crippen LogP contribution >= 0.6 is 0 Å². The normalized spacial score (nSPS) is 25.9. The van der Waals surface area contributed by atoms with Crippen LogP contribution in [0.5, 0.6) is 0 Å². The van der Waals surface area contributed by atoms with Gasteiger partial charge in [-0.05, 0) is 38.1 Å². The summed E-state index contributed by atoms with van der Waals surface area (Å²) >= 11 is 0. The number of rotatable bonds is 2. The van der Waals surface area contributed by atoms with Crippen LogP contribution < -0.4 is 5.73 Å². The molecule has 21 heavy (non-hydrogen) atoms. The van der Waals surface area contributed by atoms with Gasteiger partial charge in [0.15, 0.2) is 0 Å². The Morgan fingerprint density at radius 1 is 1.29 bits per heavy atom. The van der Waals surface area contributed by atoms with Gasteiger partial charge in [-0.15, -0.1) is 0 Å². The molecule has 3 rings (SSSR count). The first-order valence-electron chi connectivity index (χ1n) is 7.26. The van der Waals surface area contributed by atoms with E-state index in [4.69, 9.17) is 15.2 Å². The summed E-state index contributed by atoms with van der Waals surface area (Å²) in [5.74, 6) is -0.323. The first-order valence-corrected chi connectivity index (χ1v) is 7.26. The number of aromatic nitrogens is 1. The van der Waals surface area contributed by atoms with E-state index in [0.717, 1.165) is 23.7 Å². The molecule has 1 aliphatic heterocycles. The number of carbonyl (C=O) groups excluding carboxylic acids is 1. The number of benzene rings is 1. The molecule has 2 heterocycles. The number of hydrogen-bond donors (Lipinski definition) is 2. The topological polar surface area (TPSA) is 77.3 Å². The third kappa shape index (κ3) is 3.03. The number of esters is 1. The van der Waals surface area contributed by atoms with E-state index in [1.54, 1.807) is 12.1 Å². The first kappa shape index (κ1) is 13.9. The van der Waals surface area contributed by atoms with E-state index in [1.807, 2.05) is 26.0 Å². The van der Waals surface area contributed by atoms with Gasteiger partial charge >= 0.3 is 5.97 Å². The lowest BCUT2D eigenvalue weighted by atomic mass is 10.0. The minimum atomic E-state index is -0.323. The summed E-state index contributed by atoms with van der Waals surface area (Å²) in [5.41, 5.74) is 7.76. The highest BCUT2D eigenvalue weighted by Gasteiger charge is 2.27. The Bertz CT molecular complexity index is 655. The first-order chi connectivity index (χ1) is 10.0. The van der Waals surface area contributed by atoms with Crippen LogP contribution in [0.25, 0.3) is 10.9 Å². The van der Waals surface area contributed by atoms with Gasteiger partial charge in [-0.25, -0.2) is 4.79 Å². The molecule has 0 spiro atoms. The summed E-state index contributed by atoms with van der Waals surface area (Å²) in [7, 11) is 0. The smallest absolute Gasteiger partial charge is 0.355 e. The van der Waals surface area contributed by atoms with Gasteiger partial charge in [0.1, 0.15) is 11.8 Å². The molecular formula is C16H20N2O3. The van der Waals surface area contributed by atoms with Crippen molar-refractivity contribution in [2.24, 2.45) is 0 Å². The van der Waals surface area contributed by atoms with Crippen LogP contribution in [0.15, 0.2) is 24.3 Å². The van der Waals surface area contributed by atoms with E-state index < -0.39 is 0 Å². The summed E-state index contributed by atoms with van der Waals surface area (Å²) < 4.78 is 11.2. The van der Waals surface area contributed by atoms with Crippen molar-refractivity contribution in [3.05, 3.63) is 30.0 Å². The van der Waals surface area contributed by atoms with Crippen molar-refractivity contribution >= 4 is 22.6 Å². The SMILES string of the molecule is CC1CC(OC(=O)c2cc3cc(N)ccc3[nH]2)CC(C)O1. The third-order valence-electron chi connectivity index (χ3n) is 3.79. The highest BCUT2D eigenvalue weighted by molar-refractivity contribution is 5.95. The fourth-order valence-electron chi connectivity index (χ4n) is 2.92. The number of anilines is 1. The second kappa shape index (κ2) is 5.41. The Kier molecular flexibility index (Phi) is 3.59. The van der Waals surface area contributed by atoms with Crippen molar-refractivity contribution in [3.8, 4) is 0 Å². The number of aromatic amines is 1. The average Bonchev–Trinajstić information content (AvgIpc) is 2.80. The molecule has 0 bridgehead atoms. The Morgan fingerprint density at radius 3 is 2.71 bits per heavy atom. The van der Waals surface area contributed by atoms with Crippen molar-refractivity contribution in [2.75, 3.05) is 5.73 Å². The second-order valence-electron chi connectivity index (χ2n) is 5.79. The monoisotopic (exact) mass is 288 g/mol. The zero-order chi connectivity index (χ0) is 15.0. The molecule has 1 aromatic carbocycles. The van der Waals surface area contributed by atoms with Gasteiger partial charge in [-0.3, -0.25) is 0 Å². The molecule has 1 aliphatic rings. The Balaban J connectivity index is 1.74. The third-order valence-corrected chi connectivity index (χ3v) is 3.79. The van der Waals surface area contributed by atoms with Crippen LogP contribution in [-0.4, -0.2) is 29.3 Å². The zero-order valence-electron chi connectivity index (χ0n) is 12.3. The van der Waals surface area contributed by atoms with Crippen LogP contribution in [0.3, 0.4) is 0 Å². The van der Waals surface area contributed by atoms with Crippen molar-refractivity contribution in [2.45, 2.75) is 45.0 Å². The Morgan fingerprint density at radius 2 is 2.00 bits per heavy atom. The van der Waals surface area contributed by atoms with E-state index in [-0.39, 0.29) is 24.3 Å². The van der Waals surface area contributed by atoms with E-state index in [9.17, 15) is 4.79 Å². The quantitative estimate of drug-likeness (QED) is 0.658. The molecule has 0 amide bonds. The van der Waals surface area contributed by atoms with Crippen molar-refractivity contribution < 1.29 is 14.3 Å². The van der Waals surface area contributed by atoms with Crippen molar-refractivity contribution in [1.29, 1.82) is 0 Å². The molecule has 5 heteroatoms. The van der Waals surface area contributed by atoms with Crippen molar-refractivity contribution in [3.63, 3.8) is 0 Å². The van der Waals surface area contributed by atoms with E-state index in [2.05, 4.69) is 4.98 Å². The highest BCUT2D eigenvalue weighted by Crippen LogP contribution is 2.24. The standard InChI is InChI=1S/C16H20N2O3/c1-9-5-13(6-10(2)20-9)21-16(19)15-8-11-7-12(17)3-4-14(11)18-15/h3-4,7-10,13,18H,5-6,17H2,1-2H3. The maximum atomic E-state index is 12.3. The molecule has 3 N–H and O–H groups in total. The molecular weight excluding hydrogens is 268 g/mol. The van der Waals surface area contributed by atoms with Crippen LogP contribution in [0, 0.1) is 0 Å². The maximum Gasteiger partial charge on any atom is 0.355 e. The number of hydrogen-bond acceptors (Lipinski definition) is 4. The molecule has 112 valence electrons. The van der Waals surface area contributed by atoms with E-state index >= 15 is 0 Å². The molecule has 0 aliphatic carbocycles. The number of nitrogens with two attached hydrogens (primary N) is 1. The molecule has 2 aromatic rings. The molecule has 0 saturated carbocycles. The van der Waals surface area contributed by atoms with Gasteiger partial charge in [-0.2, -0.15) is 0 Å². The van der Waals surface area contributed by atoms with Crippen LogP contribution in [0.1, 0.15) is 37.2 Å². The van der Waals surface area contributed by atoms with Crippen LogP contribution in [-0.2, 0) is 9.47 Å². The lowest BCUT2D eigenvalue weighted by molar-refractivity contribution is -0.0856. The minimum Gasteiger partial charge on any atom is -0.458 e. The average molecular weight is 288 g/mol. The summed E-state index contributed by atoms with van der Waals surface area (Å²) in [6.45, 7) is 4.00. The molecule has 1 aromatic heterocycles. The number of ether oxygens (including phenoxy) is 2. The van der Waals surface area contributed by atoms with Gasteiger partial charge < -0.3 is 20.2 Å². The molecule has 1 fully saturated rings. The van der Waals surface area contributed by atoms with Gasteiger partial charge in [0, 0.05) is 29.4 Å². The highest BCUT2D eigenvalue weighted by atomic mass is 16.6. The van der Waals surface area contributed by atoms with Gasteiger partial charge in [0.2, 0.25) is 0 Å². The minimum absolute atomic E-state index is 0.0901. The molecule has 1 saturated heterocycles.